The van der Waals surface area contributed by atoms with Gasteiger partial charge in [0.2, 0.25) is 0 Å². The van der Waals surface area contributed by atoms with Gasteiger partial charge in [0.05, 0.1) is 11.4 Å². The van der Waals surface area contributed by atoms with E-state index in [4.69, 9.17) is 11.5 Å². The Morgan fingerprint density at radius 1 is 0.786 bits per heavy atom. The van der Waals surface area contributed by atoms with Crippen molar-refractivity contribution in [1.82, 2.24) is 0 Å². The third-order valence-electron chi connectivity index (χ3n) is 2.76. The van der Waals surface area contributed by atoms with E-state index >= 15 is 0 Å². The number of benzene rings is 1. The van der Waals surface area contributed by atoms with Crippen LogP contribution in [0.1, 0.15) is 24.0 Å². The quantitative estimate of drug-likeness (QED) is 0.626. The van der Waals surface area contributed by atoms with Gasteiger partial charge in [-0.05, 0) is 36.8 Å². The Bertz CT molecular complexity index is 351. The number of fused-ring (bicyclic) bond motifs is 1. The normalized spacial score (nSPS) is 15.3. The summed E-state index contributed by atoms with van der Waals surface area (Å²) in [4.78, 5) is 0. The van der Waals surface area contributed by atoms with Crippen LogP contribution in [-0.4, -0.2) is 0 Å². The maximum atomic E-state index is 13.6. The molecule has 1 aromatic rings. The van der Waals surface area contributed by atoms with Gasteiger partial charge in [-0.15, -0.1) is 0 Å². The molecule has 2 rings (SSSR count). The number of hydrogen-bond acceptors (Lipinski definition) is 2. The van der Waals surface area contributed by atoms with Gasteiger partial charge in [-0.25, -0.2) is 8.78 Å². The first-order valence-corrected chi connectivity index (χ1v) is 4.66. The third-order valence-corrected chi connectivity index (χ3v) is 2.76. The number of nitrogen functional groups attached to an aromatic ring is 2. The van der Waals surface area contributed by atoms with Crippen molar-refractivity contribution in [2.75, 3.05) is 11.5 Å². The van der Waals surface area contributed by atoms with E-state index in [2.05, 4.69) is 0 Å². The fraction of sp³-hybridized carbons (Fsp3) is 0.400. The van der Waals surface area contributed by atoms with E-state index in [1.54, 1.807) is 0 Å². The van der Waals surface area contributed by atoms with Crippen molar-refractivity contribution in [3.8, 4) is 0 Å². The minimum Gasteiger partial charge on any atom is -0.395 e. The zero-order valence-electron chi connectivity index (χ0n) is 7.74. The van der Waals surface area contributed by atoms with E-state index < -0.39 is 11.6 Å². The second-order valence-electron chi connectivity index (χ2n) is 3.62. The summed E-state index contributed by atoms with van der Waals surface area (Å²) in [6.45, 7) is 0. The van der Waals surface area contributed by atoms with Crippen LogP contribution in [0.5, 0.6) is 0 Å². The SMILES string of the molecule is Nc1c(N)c(F)c2c(c1F)CCCC2. The minimum atomic E-state index is -0.529. The average molecular weight is 198 g/mol. The molecule has 0 radical (unpaired) electrons. The topological polar surface area (TPSA) is 52.0 Å². The van der Waals surface area contributed by atoms with E-state index in [0.29, 0.717) is 24.0 Å². The van der Waals surface area contributed by atoms with E-state index in [9.17, 15) is 8.78 Å². The van der Waals surface area contributed by atoms with Gasteiger partial charge in [-0.3, -0.25) is 0 Å². The van der Waals surface area contributed by atoms with E-state index in [0.717, 1.165) is 12.8 Å². The predicted octanol–water partition coefficient (Wildman–Crippen LogP) is 2.01. The third kappa shape index (κ3) is 1.14. The summed E-state index contributed by atoms with van der Waals surface area (Å²) in [5.74, 6) is -1.06. The molecule has 2 nitrogen and oxygen atoms in total. The fourth-order valence-electron chi connectivity index (χ4n) is 1.95. The average Bonchev–Trinajstić information content (AvgIpc) is 2.23. The standard InChI is InChI=1S/C10H12F2N2/c11-7-5-3-1-2-4-6(5)8(12)10(14)9(7)13/h1-4,13-14H2. The van der Waals surface area contributed by atoms with Gasteiger partial charge < -0.3 is 11.5 Å². The molecule has 0 aliphatic heterocycles. The summed E-state index contributed by atoms with van der Waals surface area (Å²) >= 11 is 0. The number of rotatable bonds is 0. The van der Waals surface area contributed by atoms with Crippen molar-refractivity contribution >= 4 is 11.4 Å². The van der Waals surface area contributed by atoms with Crippen molar-refractivity contribution in [3.63, 3.8) is 0 Å². The van der Waals surface area contributed by atoms with Gasteiger partial charge in [0, 0.05) is 0 Å². The maximum absolute atomic E-state index is 13.6. The molecular formula is C10H12F2N2. The fourth-order valence-corrected chi connectivity index (χ4v) is 1.95. The van der Waals surface area contributed by atoms with Crippen molar-refractivity contribution < 1.29 is 8.78 Å². The summed E-state index contributed by atoms with van der Waals surface area (Å²) < 4.78 is 27.1. The molecule has 14 heavy (non-hydrogen) atoms. The first kappa shape index (κ1) is 9.24. The summed E-state index contributed by atoms with van der Waals surface area (Å²) in [7, 11) is 0. The molecule has 0 fully saturated rings. The lowest BCUT2D eigenvalue weighted by atomic mass is 9.89. The van der Waals surface area contributed by atoms with E-state index in [1.165, 1.54) is 0 Å². The highest BCUT2D eigenvalue weighted by atomic mass is 19.1. The summed E-state index contributed by atoms with van der Waals surface area (Å²) in [6, 6.07) is 0. The van der Waals surface area contributed by atoms with Gasteiger partial charge in [-0.1, -0.05) is 0 Å². The molecule has 0 bridgehead atoms. The lowest BCUT2D eigenvalue weighted by Gasteiger charge is -2.19. The van der Waals surface area contributed by atoms with E-state index in [-0.39, 0.29) is 11.4 Å². The van der Waals surface area contributed by atoms with Crippen LogP contribution < -0.4 is 11.5 Å². The molecule has 0 saturated carbocycles. The van der Waals surface area contributed by atoms with Crippen LogP contribution >= 0.6 is 0 Å². The van der Waals surface area contributed by atoms with Crippen LogP contribution in [0.2, 0.25) is 0 Å². The number of anilines is 2. The molecular weight excluding hydrogens is 186 g/mol. The molecule has 1 aliphatic rings. The lowest BCUT2D eigenvalue weighted by Crippen LogP contribution is -2.13. The van der Waals surface area contributed by atoms with Gasteiger partial charge in [0.25, 0.3) is 0 Å². The minimum absolute atomic E-state index is 0.247. The summed E-state index contributed by atoms with van der Waals surface area (Å²) in [5, 5.41) is 0. The summed E-state index contributed by atoms with van der Waals surface area (Å²) in [6.07, 6.45) is 2.88. The van der Waals surface area contributed by atoms with Crippen molar-refractivity contribution in [1.29, 1.82) is 0 Å². The molecule has 0 unspecified atom stereocenters. The molecule has 0 aromatic heterocycles. The molecule has 0 spiro atoms. The zero-order chi connectivity index (χ0) is 10.3. The largest absolute Gasteiger partial charge is 0.395 e. The number of halogens is 2. The maximum Gasteiger partial charge on any atom is 0.151 e. The second-order valence-corrected chi connectivity index (χ2v) is 3.62. The molecule has 76 valence electrons. The molecule has 1 aliphatic carbocycles. The highest BCUT2D eigenvalue weighted by Crippen LogP contribution is 2.34. The highest BCUT2D eigenvalue weighted by Gasteiger charge is 2.23. The van der Waals surface area contributed by atoms with Crippen LogP contribution in [0, 0.1) is 11.6 Å². The Morgan fingerprint density at radius 3 is 1.50 bits per heavy atom. The van der Waals surface area contributed by atoms with Crippen molar-refractivity contribution in [2.24, 2.45) is 0 Å². The number of nitrogens with two attached hydrogens (primary N) is 2. The smallest absolute Gasteiger partial charge is 0.151 e. The molecule has 4 N–H and O–H groups in total. The highest BCUT2D eigenvalue weighted by molar-refractivity contribution is 5.68. The predicted molar refractivity (Wildman–Crippen MR) is 51.8 cm³/mol. The molecule has 0 amide bonds. The Hall–Kier alpha value is -1.32. The lowest BCUT2D eigenvalue weighted by molar-refractivity contribution is 0.545. The zero-order valence-corrected chi connectivity index (χ0v) is 7.74. The van der Waals surface area contributed by atoms with E-state index in [1.807, 2.05) is 0 Å². The van der Waals surface area contributed by atoms with Gasteiger partial charge in [0.15, 0.2) is 11.6 Å². The molecule has 0 atom stereocenters. The molecule has 1 aromatic carbocycles. The van der Waals surface area contributed by atoms with Crippen LogP contribution in [0.25, 0.3) is 0 Å². The van der Waals surface area contributed by atoms with Gasteiger partial charge in [0.1, 0.15) is 0 Å². The second kappa shape index (κ2) is 3.12. The first-order chi connectivity index (χ1) is 6.63. The van der Waals surface area contributed by atoms with Crippen LogP contribution in [0.4, 0.5) is 20.2 Å². The first-order valence-electron chi connectivity index (χ1n) is 4.66. The Balaban J connectivity index is 2.71. The number of hydrogen-bond donors (Lipinski definition) is 2. The monoisotopic (exact) mass is 198 g/mol. The Morgan fingerprint density at radius 2 is 1.14 bits per heavy atom. The van der Waals surface area contributed by atoms with Crippen LogP contribution in [-0.2, 0) is 12.8 Å². The summed E-state index contributed by atoms with van der Waals surface area (Å²) in [5.41, 5.74) is 11.1. The molecule has 0 heterocycles. The van der Waals surface area contributed by atoms with Crippen LogP contribution in [0.3, 0.4) is 0 Å². The van der Waals surface area contributed by atoms with Gasteiger partial charge in [-0.2, -0.15) is 0 Å². The van der Waals surface area contributed by atoms with Crippen LogP contribution in [0.15, 0.2) is 0 Å². The van der Waals surface area contributed by atoms with Gasteiger partial charge >= 0.3 is 0 Å². The molecule has 0 saturated heterocycles. The molecule has 4 heteroatoms. The Kier molecular flexibility index (Phi) is 2.06. The van der Waals surface area contributed by atoms with Crippen molar-refractivity contribution in [3.05, 3.63) is 22.8 Å². The Labute approximate surface area is 80.9 Å². The van der Waals surface area contributed by atoms with Crippen molar-refractivity contribution in [2.45, 2.75) is 25.7 Å².